The number of anilines is 2. The van der Waals surface area contributed by atoms with Gasteiger partial charge in [-0.25, -0.2) is 9.69 Å². The first kappa shape index (κ1) is 21.8. The summed E-state index contributed by atoms with van der Waals surface area (Å²) in [4.78, 5) is 40.0. The maximum absolute atomic E-state index is 12.5. The molecule has 4 amide bonds. The van der Waals surface area contributed by atoms with E-state index in [1.165, 1.54) is 6.08 Å². The average molecular weight is 418 g/mol. The molecule has 0 saturated carbocycles. The van der Waals surface area contributed by atoms with Crippen LogP contribution in [0.4, 0.5) is 16.2 Å². The van der Waals surface area contributed by atoms with Crippen LogP contribution in [0.1, 0.15) is 18.1 Å². The van der Waals surface area contributed by atoms with Gasteiger partial charge >= 0.3 is 6.03 Å². The summed E-state index contributed by atoms with van der Waals surface area (Å²) in [6, 6.07) is 14.7. The van der Waals surface area contributed by atoms with Crippen LogP contribution in [-0.2, 0) is 16.0 Å². The van der Waals surface area contributed by atoms with Crippen molar-refractivity contribution < 1.29 is 14.4 Å². The number of rotatable bonds is 7. The number of urea groups is 1. The Morgan fingerprint density at radius 3 is 2.48 bits per heavy atom. The average Bonchev–Trinajstić information content (AvgIpc) is 3.02. The molecule has 1 heterocycles. The van der Waals surface area contributed by atoms with Gasteiger partial charge in [-0.3, -0.25) is 9.59 Å². The highest BCUT2D eigenvalue weighted by Crippen LogP contribution is 2.17. The van der Waals surface area contributed by atoms with Gasteiger partial charge in [0.05, 0.1) is 0 Å². The topological polar surface area (TPSA) is 81.8 Å². The SMILES string of the molecule is CCc1ccccc1NC(=O)CN1C(=O)N/C(=C/C=C/c2ccc(N(C)C)cc2)C1=O. The Labute approximate surface area is 182 Å². The van der Waals surface area contributed by atoms with Gasteiger partial charge in [0.25, 0.3) is 5.91 Å². The van der Waals surface area contributed by atoms with Crippen LogP contribution < -0.4 is 15.5 Å². The molecule has 2 aromatic carbocycles. The number of benzene rings is 2. The van der Waals surface area contributed by atoms with E-state index in [-0.39, 0.29) is 12.2 Å². The lowest BCUT2D eigenvalue weighted by Crippen LogP contribution is -2.38. The summed E-state index contributed by atoms with van der Waals surface area (Å²) in [5.74, 6) is -0.960. The normalized spacial score (nSPS) is 14.9. The fraction of sp³-hybridized carbons (Fsp3) is 0.208. The smallest absolute Gasteiger partial charge is 0.329 e. The van der Waals surface area contributed by atoms with Gasteiger partial charge in [0.15, 0.2) is 0 Å². The lowest BCUT2D eigenvalue weighted by atomic mass is 10.1. The molecule has 0 atom stereocenters. The molecule has 160 valence electrons. The molecule has 1 aliphatic rings. The summed E-state index contributed by atoms with van der Waals surface area (Å²) >= 11 is 0. The van der Waals surface area contributed by atoms with Gasteiger partial charge in [0, 0.05) is 25.5 Å². The standard InChI is InChI=1S/C24H26N4O3/c1-4-18-9-5-6-10-20(18)25-22(29)16-28-23(30)21(26-24(28)31)11-7-8-17-12-14-19(15-13-17)27(2)3/h5-15H,4,16H2,1-3H3,(H,25,29)(H,26,31)/b8-7+,21-11+. The Balaban J connectivity index is 1.62. The van der Waals surface area contributed by atoms with E-state index in [1.54, 1.807) is 12.1 Å². The molecule has 1 fully saturated rings. The number of aryl methyl sites for hydroxylation is 1. The monoisotopic (exact) mass is 418 g/mol. The van der Waals surface area contributed by atoms with Crippen molar-refractivity contribution in [2.24, 2.45) is 0 Å². The molecular formula is C24H26N4O3. The van der Waals surface area contributed by atoms with Gasteiger partial charge < -0.3 is 15.5 Å². The molecule has 7 heteroatoms. The molecule has 0 spiro atoms. The van der Waals surface area contributed by atoms with Gasteiger partial charge in [-0.15, -0.1) is 0 Å². The fourth-order valence-electron chi connectivity index (χ4n) is 3.15. The number of hydrogen-bond acceptors (Lipinski definition) is 4. The molecule has 1 saturated heterocycles. The molecule has 0 bridgehead atoms. The largest absolute Gasteiger partial charge is 0.378 e. The molecule has 3 rings (SSSR count). The Hall–Kier alpha value is -3.87. The molecule has 2 aromatic rings. The van der Waals surface area contributed by atoms with Crippen LogP contribution in [0, 0.1) is 0 Å². The van der Waals surface area contributed by atoms with Crippen molar-refractivity contribution in [3.63, 3.8) is 0 Å². The fourth-order valence-corrected chi connectivity index (χ4v) is 3.15. The van der Waals surface area contributed by atoms with Crippen LogP contribution in [0.15, 0.2) is 66.4 Å². The lowest BCUT2D eigenvalue weighted by molar-refractivity contribution is -0.127. The molecule has 0 radical (unpaired) electrons. The van der Waals surface area contributed by atoms with E-state index in [2.05, 4.69) is 10.6 Å². The van der Waals surface area contributed by atoms with Crippen LogP contribution in [0.25, 0.3) is 6.08 Å². The van der Waals surface area contributed by atoms with Crippen molar-refractivity contribution in [2.45, 2.75) is 13.3 Å². The highest BCUT2D eigenvalue weighted by atomic mass is 16.2. The second kappa shape index (κ2) is 9.75. The van der Waals surface area contributed by atoms with Gasteiger partial charge in [-0.2, -0.15) is 0 Å². The summed E-state index contributed by atoms with van der Waals surface area (Å²) < 4.78 is 0. The number of para-hydroxylation sites is 1. The molecule has 7 nitrogen and oxygen atoms in total. The first-order valence-electron chi connectivity index (χ1n) is 10.1. The second-order valence-electron chi connectivity index (χ2n) is 7.31. The summed E-state index contributed by atoms with van der Waals surface area (Å²) in [5.41, 5.74) is 3.85. The van der Waals surface area contributed by atoms with Crippen molar-refractivity contribution in [1.29, 1.82) is 0 Å². The number of nitrogens with one attached hydrogen (secondary N) is 2. The maximum atomic E-state index is 12.5. The van der Waals surface area contributed by atoms with E-state index >= 15 is 0 Å². The van der Waals surface area contributed by atoms with E-state index in [0.29, 0.717) is 5.69 Å². The van der Waals surface area contributed by atoms with Crippen LogP contribution in [-0.4, -0.2) is 43.4 Å². The van der Waals surface area contributed by atoms with Crippen LogP contribution >= 0.6 is 0 Å². The minimum atomic E-state index is -0.612. The minimum Gasteiger partial charge on any atom is -0.378 e. The second-order valence-corrected chi connectivity index (χ2v) is 7.31. The van der Waals surface area contributed by atoms with E-state index in [9.17, 15) is 14.4 Å². The lowest BCUT2D eigenvalue weighted by Gasteiger charge is -2.13. The predicted octanol–water partition coefficient (Wildman–Crippen LogP) is 3.40. The molecule has 1 aliphatic heterocycles. The molecule has 2 N–H and O–H groups in total. The Bertz CT molecular complexity index is 1040. The number of nitrogens with zero attached hydrogens (tertiary/aromatic N) is 2. The van der Waals surface area contributed by atoms with Gasteiger partial charge in [-0.1, -0.05) is 49.4 Å². The summed E-state index contributed by atoms with van der Waals surface area (Å²) in [6.45, 7) is 1.64. The number of carbonyl (C=O) groups is 3. The first-order valence-corrected chi connectivity index (χ1v) is 10.1. The van der Waals surface area contributed by atoms with Crippen LogP contribution in [0.3, 0.4) is 0 Å². The van der Waals surface area contributed by atoms with E-state index in [0.717, 1.165) is 28.1 Å². The number of allylic oxidation sites excluding steroid dienone is 2. The summed E-state index contributed by atoms with van der Waals surface area (Å²) in [7, 11) is 3.94. The third-order valence-corrected chi connectivity index (χ3v) is 4.90. The first-order chi connectivity index (χ1) is 14.9. The van der Waals surface area contributed by atoms with Gasteiger partial charge in [0.1, 0.15) is 12.2 Å². The van der Waals surface area contributed by atoms with Crippen molar-refractivity contribution >= 4 is 35.3 Å². The summed E-state index contributed by atoms with van der Waals surface area (Å²) in [5, 5.41) is 5.29. The van der Waals surface area contributed by atoms with Crippen molar-refractivity contribution in [1.82, 2.24) is 10.2 Å². The van der Waals surface area contributed by atoms with E-state index in [4.69, 9.17) is 0 Å². The zero-order valence-corrected chi connectivity index (χ0v) is 17.9. The molecule has 0 aliphatic carbocycles. The van der Waals surface area contributed by atoms with E-state index < -0.39 is 17.8 Å². The molecule has 0 aromatic heterocycles. The van der Waals surface area contributed by atoms with Gasteiger partial charge in [-0.05, 0) is 41.8 Å². The van der Waals surface area contributed by atoms with Crippen molar-refractivity contribution in [3.05, 3.63) is 77.5 Å². The number of carbonyl (C=O) groups excluding carboxylic acids is 3. The maximum Gasteiger partial charge on any atom is 0.329 e. The zero-order valence-electron chi connectivity index (χ0n) is 17.9. The van der Waals surface area contributed by atoms with Crippen LogP contribution in [0.2, 0.25) is 0 Å². The highest BCUT2D eigenvalue weighted by Gasteiger charge is 2.34. The van der Waals surface area contributed by atoms with Crippen molar-refractivity contribution in [2.75, 3.05) is 30.9 Å². The Kier molecular flexibility index (Phi) is 6.87. The third kappa shape index (κ3) is 5.39. The number of imide groups is 1. The minimum absolute atomic E-state index is 0.132. The van der Waals surface area contributed by atoms with Gasteiger partial charge in [0.2, 0.25) is 5.91 Å². The quantitative estimate of drug-likeness (QED) is 0.533. The number of amides is 4. The Morgan fingerprint density at radius 1 is 1.10 bits per heavy atom. The van der Waals surface area contributed by atoms with E-state index in [1.807, 2.05) is 74.5 Å². The van der Waals surface area contributed by atoms with Crippen LogP contribution in [0.5, 0.6) is 0 Å². The van der Waals surface area contributed by atoms with Crippen molar-refractivity contribution in [3.8, 4) is 0 Å². The third-order valence-electron chi connectivity index (χ3n) is 4.90. The molecule has 31 heavy (non-hydrogen) atoms. The predicted molar refractivity (Wildman–Crippen MR) is 123 cm³/mol. The Morgan fingerprint density at radius 2 is 1.81 bits per heavy atom. The molecular weight excluding hydrogens is 392 g/mol. The summed E-state index contributed by atoms with van der Waals surface area (Å²) in [6.07, 6.45) is 5.82. The highest BCUT2D eigenvalue weighted by molar-refractivity contribution is 6.14. The number of hydrogen-bond donors (Lipinski definition) is 2. The zero-order chi connectivity index (χ0) is 22.4. The molecule has 0 unspecified atom stereocenters.